The topological polar surface area (TPSA) is 61.4 Å². The Morgan fingerprint density at radius 2 is 2.30 bits per heavy atom. The number of benzene rings is 1. The van der Waals surface area contributed by atoms with Crippen molar-refractivity contribution in [2.75, 3.05) is 13.1 Å². The third kappa shape index (κ3) is 4.59. The largest absolute Gasteiger partial charge is 0.390 e. The molecule has 3 N–H and O–H groups in total. The first-order valence-corrected chi connectivity index (χ1v) is 6.56. The summed E-state index contributed by atoms with van der Waals surface area (Å²) in [4.78, 5) is 11.9. The van der Waals surface area contributed by atoms with Crippen molar-refractivity contribution in [1.29, 1.82) is 0 Å². The molecule has 0 bridgehead atoms. The minimum Gasteiger partial charge on any atom is -0.390 e. The number of carbonyl (C=O) groups excluding carboxylic acids is 1. The van der Waals surface area contributed by atoms with Gasteiger partial charge >= 0.3 is 0 Å². The van der Waals surface area contributed by atoms with Crippen molar-refractivity contribution < 1.29 is 14.3 Å². The van der Waals surface area contributed by atoms with Gasteiger partial charge in [-0.05, 0) is 30.7 Å². The first-order valence-electron chi connectivity index (χ1n) is 6.18. The second-order valence-corrected chi connectivity index (χ2v) is 5.05. The number of aliphatic hydroxyl groups excluding tert-OH is 1. The van der Waals surface area contributed by atoms with Crippen molar-refractivity contribution in [1.82, 2.24) is 10.6 Å². The molecule has 1 fully saturated rings. The van der Waals surface area contributed by atoms with E-state index in [1.165, 1.54) is 18.2 Å². The number of halogens is 3. The third-order valence-electron chi connectivity index (χ3n) is 3.16. The highest BCUT2D eigenvalue weighted by Crippen LogP contribution is 2.17. The lowest BCUT2D eigenvalue weighted by Gasteiger charge is -2.29. The third-order valence-corrected chi connectivity index (χ3v) is 3.51. The van der Waals surface area contributed by atoms with E-state index < -0.39 is 11.9 Å². The van der Waals surface area contributed by atoms with Crippen LogP contribution in [0.15, 0.2) is 18.2 Å². The van der Waals surface area contributed by atoms with Gasteiger partial charge in [-0.15, -0.1) is 12.4 Å². The second kappa shape index (κ2) is 7.78. The lowest BCUT2D eigenvalue weighted by molar-refractivity contribution is -0.122. The summed E-state index contributed by atoms with van der Waals surface area (Å²) in [6.45, 7) is 1.24. The van der Waals surface area contributed by atoms with Gasteiger partial charge in [-0.3, -0.25) is 4.79 Å². The smallest absolute Gasteiger partial charge is 0.224 e. The molecular weight excluding hydrogens is 306 g/mol. The van der Waals surface area contributed by atoms with Crippen LogP contribution < -0.4 is 10.6 Å². The molecule has 1 aliphatic rings. The average molecular weight is 323 g/mol. The first-order chi connectivity index (χ1) is 9.06. The molecule has 1 aliphatic heterocycles. The molecule has 0 radical (unpaired) electrons. The fourth-order valence-electron chi connectivity index (χ4n) is 2.11. The fourth-order valence-corrected chi connectivity index (χ4v) is 2.34. The quantitative estimate of drug-likeness (QED) is 0.785. The Kier molecular flexibility index (Phi) is 6.68. The van der Waals surface area contributed by atoms with Crippen LogP contribution in [0, 0.1) is 5.82 Å². The van der Waals surface area contributed by atoms with Crippen molar-refractivity contribution in [3.05, 3.63) is 34.6 Å². The standard InChI is InChI=1S/C13H16ClFN2O2.ClH/c14-10-6-9(15)2-1-8(10)5-13(19)17-11-3-4-16-7-12(11)18;/h1-2,6,11-12,16,18H,3-5,7H2,(H,17,19);1H/t11-,12-;/m1./s1. The van der Waals surface area contributed by atoms with Gasteiger partial charge in [0, 0.05) is 11.6 Å². The summed E-state index contributed by atoms with van der Waals surface area (Å²) < 4.78 is 12.9. The number of hydrogen-bond acceptors (Lipinski definition) is 3. The minimum atomic E-state index is -0.582. The fraction of sp³-hybridized carbons (Fsp3) is 0.462. The molecule has 112 valence electrons. The number of hydrogen-bond donors (Lipinski definition) is 3. The van der Waals surface area contributed by atoms with Gasteiger partial charge in [-0.1, -0.05) is 17.7 Å². The molecule has 4 nitrogen and oxygen atoms in total. The van der Waals surface area contributed by atoms with Crippen LogP contribution in [0.2, 0.25) is 5.02 Å². The normalized spacial score (nSPS) is 21.9. The molecular formula is C13H17Cl2FN2O2. The maximum absolute atomic E-state index is 12.9. The molecule has 2 atom stereocenters. The number of carbonyl (C=O) groups is 1. The number of piperidine rings is 1. The van der Waals surface area contributed by atoms with E-state index in [0.717, 1.165) is 6.54 Å². The van der Waals surface area contributed by atoms with Crippen LogP contribution in [0.4, 0.5) is 4.39 Å². The van der Waals surface area contributed by atoms with Crippen LogP contribution in [0.3, 0.4) is 0 Å². The summed E-state index contributed by atoms with van der Waals surface area (Å²) in [5.74, 6) is -0.651. The molecule has 0 aliphatic carbocycles. The molecule has 1 aromatic carbocycles. The lowest BCUT2D eigenvalue weighted by atomic mass is 10.0. The number of rotatable bonds is 3. The van der Waals surface area contributed by atoms with Crippen molar-refractivity contribution in [2.24, 2.45) is 0 Å². The highest BCUT2D eigenvalue weighted by molar-refractivity contribution is 6.31. The van der Waals surface area contributed by atoms with Crippen LogP contribution in [0.25, 0.3) is 0 Å². The number of aliphatic hydroxyl groups is 1. The molecule has 7 heteroatoms. The number of amides is 1. The Labute approximate surface area is 128 Å². The summed E-state index contributed by atoms with van der Waals surface area (Å²) in [6.07, 6.45) is 0.182. The van der Waals surface area contributed by atoms with E-state index in [2.05, 4.69) is 10.6 Å². The van der Waals surface area contributed by atoms with Crippen LogP contribution in [0.1, 0.15) is 12.0 Å². The Balaban J connectivity index is 0.00000200. The molecule has 1 saturated heterocycles. The monoisotopic (exact) mass is 322 g/mol. The summed E-state index contributed by atoms with van der Waals surface area (Å²) in [7, 11) is 0. The molecule has 0 spiro atoms. The van der Waals surface area contributed by atoms with Gasteiger partial charge < -0.3 is 15.7 Å². The second-order valence-electron chi connectivity index (χ2n) is 4.65. The SMILES string of the molecule is Cl.O=C(Cc1ccc(F)cc1Cl)N[C@@H]1CCNC[C@H]1O. The van der Waals surface area contributed by atoms with Crippen molar-refractivity contribution in [3.63, 3.8) is 0 Å². The van der Waals surface area contributed by atoms with Gasteiger partial charge in [-0.2, -0.15) is 0 Å². The molecule has 1 aromatic rings. The van der Waals surface area contributed by atoms with E-state index in [0.29, 0.717) is 18.5 Å². The van der Waals surface area contributed by atoms with E-state index in [1.54, 1.807) is 0 Å². The van der Waals surface area contributed by atoms with Crippen LogP contribution in [-0.4, -0.2) is 36.2 Å². The molecule has 1 heterocycles. The van der Waals surface area contributed by atoms with E-state index in [9.17, 15) is 14.3 Å². The zero-order valence-electron chi connectivity index (χ0n) is 10.7. The predicted molar refractivity (Wildman–Crippen MR) is 77.8 cm³/mol. The van der Waals surface area contributed by atoms with Gasteiger partial charge in [-0.25, -0.2) is 4.39 Å². The van der Waals surface area contributed by atoms with Crippen LogP contribution in [0.5, 0.6) is 0 Å². The van der Waals surface area contributed by atoms with E-state index in [1.807, 2.05) is 0 Å². The summed E-state index contributed by atoms with van der Waals surface area (Å²) in [5.41, 5.74) is 0.573. The zero-order chi connectivity index (χ0) is 13.8. The van der Waals surface area contributed by atoms with Crippen molar-refractivity contribution >= 4 is 29.9 Å². The number of nitrogens with one attached hydrogen (secondary N) is 2. The molecule has 0 unspecified atom stereocenters. The van der Waals surface area contributed by atoms with Gasteiger partial charge in [0.25, 0.3) is 0 Å². The Bertz CT molecular complexity index is 474. The summed E-state index contributed by atoms with van der Waals surface area (Å²) in [5, 5.41) is 15.8. The summed E-state index contributed by atoms with van der Waals surface area (Å²) >= 11 is 5.87. The predicted octanol–water partition coefficient (Wildman–Crippen LogP) is 1.28. The Morgan fingerprint density at radius 1 is 1.55 bits per heavy atom. The highest BCUT2D eigenvalue weighted by Gasteiger charge is 2.24. The lowest BCUT2D eigenvalue weighted by Crippen LogP contribution is -2.52. The van der Waals surface area contributed by atoms with Crippen LogP contribution in [-0.2, 0) is 11.2 Å². The molecule has 20 heavy (non-hydrogen) atoms. The maximum Gasteiger partial charge on any atom is 0.224 e. The maximum atomic E-state index is 12.9. The van der Waals surface area contributed by atoms with Gasteiger partial charge in [0.05, 0.1) is 18.6 Å². The highest BCUT2D eigenvalue weighted by atomic mass is 35.5. The average Bonchev–Trinajstić information content (AvgIpc) is 2.36. The molecule has 1 amide bonds. The Hall–Kier alpha value is -0.880. The van der Waals surface area contributed by atoms with Gasteiger partial charge in [0.1, 0.15) is 5.82 Å². The van der Waals surface area contributed by atoms with Crippen molar-refractivity contribution in [2.45, 2.75) is 25.0 Å². The minimum absolute atomic E-state index is 0. The van der Waals surface area contributed by atoms with Gasteiger partial charge in [0.2, 0.25) is 5.91 Å². The Morgan fingerprint density at radius 3 is 2.95 bits per heavy atom. The van der Waals surface area contributed by atoms with E-state index in [-0.39, 0.29) is 35.8 Å². The zero-order valence-corrected chi connectivity index (χ0v) is 12.3. The van der Waals surface area contributed by atoms with Crippen molar-refractivity contribution in [3.8, 4) is 0 Å². The van der Waals surface area contributed by atoms with Crippen LogP contribution >= 0.6 is 24.0 Å². The van der Waals surface area contributed by atoms with Gasteiger partial charge in [0.15, 0.2) is 0 Å². The molecule has 2 rings (SSSR count). The number of β-amino-alcohol motifs (C(OH)–C–C–N with tert-alkyl or cyclic N) is 1. The van der Waals surface area contributed by atoms with E-state index >= 15 is 0 Å². The molecule has 0 saturated carbocycles. The molecule has 0 aromatic heterocycles. The summed E-state index contributed by atoms with van der Waals surface area (Å²) in [6, 6.07) is 3.71. The van der Waals surface area contributed by atoms with E-state index in [4.69, 9.17) is 11.6 Å². The first kappa shape index (κ1) is 17.2.